The normalized spacial score (nSPS) is 16.1. The van der Waals surface area contributed by atoms with E-state index in [0.29, 0.717) is 23.0 Å². The molecule has 0 spiro atoms. The van der Waals surface area contributed by atoms with Crippen LogP contribution in [0.4, 0.5) is 5.82 Å². The first-order chi connectivity index (χ1) is 12.7. The average Bonchev–Trinajstić information content (AvgIpc) is 3.16. The van der Waals surface area contributed by atoms with Crippen LogP contribution in [0.5, 0.6) is 0 Å². The number of pyridine rings is 1. The van der Waals surface area contributed by atoms with Crippen molar-refractivity contribution in [3.05, 3.63) is 70.6 Å². The summed E-state index contributed by atoms with van der Waals surface area (Å²) in [6.07, 6.45) is 2.59. The molecule has 0 radical (unpaired) electrons. The zero-order chi connectivity index (χ0) is 18.1. The van der Waals surface area contributed by atoms with Crippen LogP contribution >= 0.6 is 0 Å². The lowest BCUT2D eigenvalue weighted by molar-refractivity contribution is 0.248. The number of hydrogen-bond donors (Lipinski definition) is 2. The van der Waals surface area contributed by atoms with E-state index in [-0.39, 0.29) is 12.4 Å². The van der Waals surface area contributed by atoms with Crippen LogP contribution in [0.15, 0.2) is 46.9 Å². The van der Waals surface area contributed by atoms with E-state index in [1.807, 2.05) is 18.2 Å². The molecule has 1 aromatic carbocycles. The Kier molecular flexibility index (Phi) is 4.19. The maximum atomic E-state index is 9.65. The van der Waals surface area contributed by atoms with Crippen LogP contribution in [0.2, 0.25) is 0 Å². The van der Waals surface area contributed by atoms with Crippen molar-refractivity contribution >= 4 is 5.82 Å². The highest BCUT2D eigenvalue weighted by atomic mass is 16.4. The summed E-state index contributed by atoms with van der Waals surface area (Å²) < 4.78 is 5.74. The monoisotopic (exact) mass is 345 g/mol. The van der Waals surface area contributed by atoms with Gasteiger partial charge in [-0.2, -0.15) is 5.26 Å². The van der Waals surface area contributed by atoms with Crippen molar-refractivity contribution in [2.24, 2.45) is 0 Å². The van der Waals surface area contributed by atoms with Crippen molar-refractivity contribution in [2.45, 2.75) is 31.8 Å². The largest absolute Gasteiger partial charge is 0.459 e. The maximum absolute atomic E-state index is 9.65. The van der Waals surface area contributed by atoms with E-state index in [9.17, 15) is 10.4 Å². The van der Waals surface area contributed by atoms with Crippen molar-refractivity contribution in [3.63, 3.8) is 0 Å². The first-order valence-electron chi connectivity index (χ1n) is 8.67. The van der Waals surface area contributed by atoms with E-state index in [1.165, 1.54) is 5.56 Å². The number of anilines is 1. The Balaban J connectivity index is 1.86. The SMILES string of the molecule is N#Cc1c(N)nc2c(c1-c1ccc(CO)o1)C[C@H](c1ccccc1)CC2. The molecule has 0 saturated carbocycles. The highest BCUT2D eigenvalue weighted by molar-refractivity contribution is 5.76. The number of nitrogens with two attached hydrogens (primary N) is 1. The highest BCUT2D eigenvalue weighted by Gasteiger charge is 2.28. The maximum Gasteiger partial charge on any atom is 0.142 e. The minimum Gasteiger partial charge on any atom is -0.459 e. The second-order valence-corrected chi connectivity index (χ2v) is 6.56. The summed E-state index contributed by atoms with van der Waals surface area (Å²) in [7, 11) is 0. The lowest BCUT2D eigenvalue weighted by atomic mass is 9.79. The molecule has 0 fully saturated rings. The Bertz CT molecular complexity index is 986. The van der Waals surface area contributed by atoms with Gasteiger partial charge in [-0.05, 0) is 48.4 Å². The molecule has 26 heavy (non-hydrogen) atoms. The standard InChI is InChI=1S/C21H19N3O2/c22-11-17-20(19-9-7-15(12-25)26-19)16-10-14(13-4-2-1-3-5-13)6-8-18(16)24-21(17)23/h1-5,7,9,14,25H,6,8,10,12H2,(H2,23,24)/t14-/m1/s1. The van der Waals surface area contributed by atoms with Crippen LogP contribution in [0.25, 0.3) is 11.3 Å². The highest BCUT2D eigenvalue weighted by Crippen LogP contribution is 2.40. The van der Waals surface area contributed by atoms with E-state index in [2.05, 4.69) is 23.2 Å². The molecule has 1 aliphatic carbocycles. The molecule has 1 aliphatic rings. The Morgan fingerprint density at radius 2 is 2.04 bits per heavy atom. The van der Waals surface area contributed by atoms with E-state index in [1.54, 1.807) is 12.1 Å². The van der Waals surface area contributed by atoms with Gasteiger partial charge in [0.2, 0.25) is 0 Å². The van der Waals surface area contributed by atoms with Gasteiger partial charge in [-0.3, -0.25) is 0 Å². The van der Waals surface area contributed by atoms with Gasteiger partial charge in [-0.1, -0.05) is 30.3 Å². The topological polar surface area (TPSA) is 96.1 Å². The number of fused-ring (bicyclic) bond motifs is 1. The third-order valence-electron chi connectivity index (χ3n) is 5.04. The van der Waals surface area contributed by atoms with Crippen LogP contribution in [-0.4, -0.2) is 10.1 Å². The molecule has 0 saturated heterocycles. The number of furan rings is 1. The van der Waals surface area contributed by atoms with Crippen molar-refractivity contribution in [3.8, 4) is 17.4 Å². The van der Waals surface area contributed by atoms with Crippen LogP contribution < -0.4 is 5.73 Å². The predicted octanol–water partition coefficient (Wildman–Crippen LogP) is 3.56. The second kappa shape index (κ2) is 6.66. The molecule has 0 bridgehead atoms. The molecular formula is C21H19N3O2. The number of rotatable bonds is 3. The summed E-state index contributed by atoms with van der Waals surface area (Å²) in [6, 6.07) is 16.1. The van der Waals surface area contributed by atoms with Gasteiger partial charge in [0.05, 0.1) is 0 Å². The molecular weight excluding hydrogens is 326 g/mol. The fourth-order valence-corrected chi connectivity index (χ4v) is 3.77. The molecule has 2 heterocycles. The molecule has 4 rings (SSSR count). The van der Waals surface area contributed by atoms with Crippen molar-refractivity contribution in [1.29, 1.82) is 5.26 Å². The number of benzene rings is 1. The fraction of sp³-hybridized carbons (Fsp3) is 0.238. The molecule has 0 aliphatic heterocycles. The number of aliphatic hydroxyl groups excluding tert-OH is 1. The van der Waals surface area contributed by atoms with E-state index >= 15 is 0 Å². The van der Waals surface area contributed by atoms with Crippen LogP contribution in [-0.2, 0) is 19.4 Å². The number of aliphatic hydroxyl groups is 1. The van der Waals surface area contributed by atoms with E-state index in [0.717, 1.165) is 36.1 Å². The summed E-state index contributed by atoms with van der Waals surface area (Å²) in [5.74, 6) is 1.63. The van der Waals surface area contributed by atoms with Crippen molar-refractivity contribution < 1.29 is 9.52 Å². The summed E-state index contributed by atoms with van der Waals surface area (Å²) in [5.41, 5.74) is 10.4. The van der Waals surface area contributed by atoms with Gasteiger partial charge >= 0.3 is 0 Å². The summed E-state index contributed by atoms with van der Waals surface area (Å²) in [5, 5.41) is 19.0. The van der Waals surface area contributed by atoms with E-state index in [4.69, 9.17) is 10.2 Å². The fourth-order valence-electron chi connectivity index (χ4n) is 3.77. The Morgan fingerprint density at radius 3 is 2.73 bits per heavy atom. The zero-order valence-electron chi connectivity index (χ0n) is 14.3. The Hall–Kier alpha value is -3.10. The van der Waals surface area contributed by atoms with Crippen molar-refractivity contribution in [2.75, 3.05) is 5.73 Å². The van der Waals surface area contributed by atoms with Gasteiger partial charge in [-0.25, -0.2) is 4.98 Å². The lowest BCUT2D eigenvalue weighted by Crippen LogP contribution is -2.17. The summed E-state index contributed by atoms with van der Waals surface area (Å²) in [6.45, 7) is -0.183. The molecule has 130 valence electrons. The third-order valence-corrected chi connectivity index (χ3v) is 5.04. The lowest BCUT2D eigenvalue weighted by Gasteiger charge is -2.27. The summed E-state index contributed by atoms with van der Waals surface area (Å²) >= 11 is 0. The molecule has 3 aromatic rings. The second-order valence-electron chi connectivity index (χ2n) is 6.56. The van der Waals surface area contributed by atoms with Crippen LogP contribution in [0.1, 0.15) is 40.5 Å². The smallest absolute Gasteiger partial charge is 0.142 e. The molecule has 2 aromatic heterocycles. The Labute approximate surface area is 151 Å². The predicted molar refractivity (Wildman–Crippen MR) is 98.2 cm³/mol. The first-order valence-corrected chi connectivity index (χ1v) is 8.67. The number of aromatic nitrogens is 1. The molecule has 3 N–H and O–H groups in total. The number of nitrogens with zero attached hydrogens (tertiary/aromatic N) is 2. The van der Waals surface area contributed by atoms with Gasteiger partial charge in [0.1, 0.15) is 35.6 Å². The van der Waals surface area contributed by atoms with Crippen LogP contribution in [0, 0.1) is 11.3 Å². The summed E-state index contributed by atoms with van der Waals surface area (Å²) in [4.78, 5) is 4.49. The Morgan fingerprint density at radius 1 is 1.23 bits per heavy atom. The van der Waals surface area contributed by atoms with E-state index < -0.39 is 0 Å². The molecule has 5 nitrogen and oxygen atoms in total. The first kappa shape index (κ1) is 16.4. The average molecular weight is 345 g/mol. The number of hydrogen-bond acceptors (Lipinski definition) is 5. The number of nitrogen functional groups attached to an aromatic ring is 1. The van der Waals surface area contributed by atoms with Gasteiger partial charge in [-0.15, -0.1) is 0 Å². The van der Waals surface area contributed by atoms with Crippen molar-refractivity contribution in [1.82, 2.24) is 4.98 Å². The molecule has 0 unspecified atom stereocenters. The molecule has 1 atom stereocenters. The zero-order valence-corrected chi connectivity index (χ0v) is 14.3. The van der Waals surface area contributed by atoms with Gasteiger partial charge in [0, 0.05) is 11.3 Å². The number of aryl methyl sites for hydroxylation is 1. The van der Waals surface area contributed by atoms with Gasteiger partial charge in [0.25, 0.3) is 0 Å². The molecule has 0 amide bonds. The van der Waals surface area contributed by atoms with Crippen LogP contribution in [0.3, 0.4) is 0 Å². The number of nitriles is 1. The minimum absolute atomic E-state index is 0.183. The minimum atomic E-state index is -0.183. The quantitative estimate of drug-likeness (QED) is 0.756. The van der Waals surface area contributed by atoms with Gasteiger partial charge in [0.15, 0.2) is 0 Å². The van der Waals surface area contributed by atoms with Gasteiger partial charge < -0.3 is 15.3 Å². The molecule has 5 heteroatoms. The third kappa shape index (κ3) is 2.75.